The first-order valence-electron chi connectivity index (χ1n) is 6.28. The Morgan fingerprint density at radius 2 is 1.78 bits per heavy atom. The Bertz CT molecular complexity index is 357. The largest absolute Gasteiger partial charge is 0.497 e. The van der Waals surface area contributed by atoms with Crippen LogP contribution in [0.1, 0.15) is 26.3 Å². The highest BCUT2D eigenvalue weighted by Crippen LogP contribution is 2.18. The Balaban J connectivity index is 2.58. The number of carbonyl (C=O) groups is 1. The number of ether oxygens (including phenoxy) is 2. The molecule has 3 nitrogen and oxygen atoms in total. The van der Waals surface area contributed by atoms with Crippen molar-refractivity contribution in [2.24, 2.45) is 11.8 Å². The second kappa shape index (κ2) is 7.17. The van der Waals surface area contributed by atoms with Gasteiger partial charge in [-0.25, -0.2) is 0 Å². The minimum absolute atomic E-state index is 0.0374. The molecule has 0 saturated carbocycles. The molecule has 0 unspecified atom stereocenters. The van der Waals surface area contributed by atoms with Gasteiger partial charge in [0.1, 0.15) is 12.0 Å². The van der Waals surface area contributed by atoms with E-state index in [1.54, 1.807) is 7.11 Å². The molecule has 0 saturated heterocycles. The fourth-order valence-electron chi connectivity index (χ4n) is 1.94. The van der Waals surface area contributed by atoms with Crippen LogP contribution in [0, 0.1) is 11.8 Å². The Morgan fingerprint density at radius 1 is 1.17 bits per heavy atom. The zero-order valence-electron chi connectivity index (χ0n) is 11.6. The van der Waals surface area contributed by atoms with Gasteiger partial charge in [-0.05, 0) is 23.6 Å². The lowest BCUT2D eigenvalue weighted by atomic mass is 9.96. The second-order valence-electron chi connectivity index (χ2n) is 4.86. The summed E-state index contributed by atoms with van der Waals surface area (Å²) >= 11 is 0. The van der Waals surface area contributed by atoms with E-state index in [1.807, 2.05) is 31.2 Å². The summed E-state index contributed by atoms with van der Waals surface area (Å²) in [6, 6.07) is 7.77. The van der Waals surface area contributed by atoms with Gasteiger partial charge in [0.25, 0.3) is 0 Å². The van der Waals surface area contributed by atoms with Gasteiger partial charge >= 0.3 is 0 Å². The topological polar surface area (TPSA) is 35.5 Å². The maximum absolute atomic E-state index is 10.8. The van der Waals surface area contributed by atoms with Gasteiger partial charge in [-0.3, -0.25) is 0 Å². The van der Waals surface area contributed by atoms with E-state index in [-0.39, 0.29) is 12.0 Å². The van der Waals surface area contributed by atoms with Gasteiger partial charge in [0.05, 0.1) is 19.8 Å². The zero-order chi connectivity index (χ0) is 13.5. The number of aldehydes is 1. The summed E-state index contributed by atoms with van der Waals surface area (Å²) in [5.74, 6) is 1.08. The predicted molar refractivity (Wildman–Crippen MR) is 71.6 cm³/mol. The number of hydrogen-bond donors (Lipinski definition) is 0. The molecule has 0 amide bonds. The Kier molecular flexibility index (Phi) is 5.86. The number of hydrogen-bond acceptors (Lipinski definition) is 3. The van der Waals surface area contributed by atoms with E-state index in [2.05, 4.69) is 13.8 Å². The second-order valence-corrected chi connectivity index (χ2v) is 4.86. The summed E-state index contributed by atoms with van der Waals surface area (Å²) in [5, 5.41) is 0. The van der Waals surface area contributed by atoms with Crippen LogP contribution in [0.2, 0.25) is 0 Å². The SMILES string of the molecule is COc1ccc(CO[C@@H](C(C)C)[C@@H](C)C=O)cc1. The van der Waals surface area contributed by atoms with Gasteiger partial charge < -0.3 is 14.3 Å². The zero-order valence-corrected chi connectivity index (χ0v) is 11.6. The Hall–Kier alpha value is -1.35. The fourth-order valence-corrected chi connectivity index (χ4v) is 1.94. The minimum atomic E-state index is -0.0803. The van der Waals surface area contributed by atoms with Crippen LogP contribution in [0.3, 0.4) is 0 Å². The number of benzene rings is 1. The Morgan fingerprint density at radius 3 is 2.22 bits per heavy atom. The lowest BCUT2D eigenvalue weighted by Crippen LogP contribution is -2.28. The molecule has 3 heteroatoms. The van der Waals surface area contributed by atoms with Gasteiger partial charge in [-0.2, -0.15) is 0 Å². The maximum atomic E-state index is 10.8. The third-order valence-corrected chi connectivity index (χ3v) is 2.99. The monoisotopic (exact) mass is 250 g/mol. The van der Waals surface area contributed by atoms with Crippen LogP contribution in [0.25, 0.3) is 0 Å². The molecule has 100 valence electrons. The predicted octanol–water partition coefficient (Wildman–Crippen LogP) is 3.07. The first-order chi connectivity index (χ1) is 8.58. The van der Waals surface area contributed by atoms with Crippen molar-refractivity contribution < 1.29 is 14.3 Å². The quantitative estimate of drug-likeness (QED) is 0.698. The maximum Gasteiger partial charge on any atom is 0.125 e. The summed E-state index contributed by atoms with van der Waals surface area (Å²) in [6.45, 7) is 6.55. The van der Waals surface area contributed by atoms with E-state index < -0.39 is 0 Å². The molecule has 18 heavy (non-hydrogen) atoms. The van der Waals surface area contributed by atoms with E-state index >= 15 is 0 Å². The van der Waals surface area contributed by atoms with Gasteiger partial charge in [0.2, 0.25) is 0 Å². The van der Waals surface area contributed by atoms with Crippen molar-refractivity contribution in [3.63, 3.8) is 0 Å². The molecular weight excluding hydrogens is 228 g/mol. The molecule has 2 atom stereocenters. The van der Waals surface area contributed by atoms with Crippen molar-refractivity contribution in [1.29, 1.82) is 0 Å². The molecule has 0 fully saturated rings. The summed E-state index contributed by atoms with van der Waals surface area (Å²) in [7, 11) is 1.64. The molecule has 1 aromatic carbocycles. The summed E-state index contributed by atoms with van der Waals surface area (Å²) in [5.41, 5.74) is 1.08. The molecule has 0 N–H and O–H groups in total. The molecule has 0 aromatic heterocycles. The van der Waals surface area contributed by atoms with Crippen LogP contribution in [-0.2, 0) is 16.1 Å². The molecule has 0 spiro atoms. The van der Waals surface area contributed by atoms with Gasteiger partial charge in [0.15, 0.2) is 0 Å². The third kappa shape index (κ3) is 4.15. The van der Waals surface area contributed by atoms with Crippen molar-refractivity contribution >= 4 is 6.29 Å². The van der Waals surface area contributed by atoms with Crippen LogP contribution in [0.5, 0.6) is 5.75 Å². The van der Waals surface area contributed by atoms with E-state index in [4.69, 9.17) is 9.47 Å². The minimum Gasteiger partial charge on any atom is -0.497 e. The van der Waals surface area contributed by atoms with E-state index in [1.165, 1.54) is 0 Å². The first-order valence-corrected chi connectivity index (χ1v) is 6.28. The van der Waals surface area contributed by atoms with Gasteiger partial charge in [0, 0.05) is 5.92 Å². The average Bonchev–Trinajstić information content (AvgIpc) is 2.39. The van der Waals surface area contributed by atoms with E-state index in [0.29, 0.717) is 12.5 Å². The lowest BCUT2D eigenvalue weighted by molar-refractivity contribution is -0.117. The standard InChI is InChI=1S/C15H22O3/c1-11(2)15(12(3)9-16)18-10-13-5-7-14(17-4)8-6-13/h5-9,11-12,15H,10H2,1-4H3/t12-,15-/m0/s1. The fraction of sp³-hybridized carbons (Fsp3) is 0.533. The Labute approximate surface area is 109 Å². The number of methoxy groups -OCH3 is 1. The van der Waals surface area contributed by atoms with Crippen LogP contribution in [0.15, 0.2) is 24.3 Å². The molecule has 0 aliphatic rings. The molecule has 0 bridgehead atoms. The molecular formula is C15H22O3. The average molecular weight is 250 g/mol. The van der Waals surface area contributed by atoms with Crippen molar-refractivity contribution in [3.8, 4) is 5.75 Å². The number of rotatable bonds is 7. The third-order valence-electron chi connectivity index (χ3n) is 2.99. The molecule has 0 aliphatic heterocycles. The summed E-state index contributed by atoms with van der Waals surface area (Å²) in [6.07, 6.45) is 0.920. The van der Waals surface area contributed by atoms with E-state index in [0.717, 1.165) is 17.6 Å². The van der Waals surface area contributed by atoms with Gasteiger partial charge in [-0.15, -0.1) is 0 Å². The molecule has 1 rings (SSSR count). The van der Waals surface area contributed by atoms with Crippen LogP contribution < -0.4 is 4.74 Å². The van der Waals surface area contributed by atoms with Crippen molar-refractivity contribution in [2.45, 2.75) is 33.5 Å². The summed E-state index contributed by atoms with van der Waals surface area (Å²) in [4.78, 5) is 10.8. The molecule has 0 radical (unpaired) electrons. The van der Waals surface area contributed by atoms with Crippen LogP contribution in [-0.4, -0.2) is 19.5 Å². The highest BCUT2D eigenvalue weighted by atomic mass is 16.5. The smallest absolute Gasteiger partial charge is 0.125 e. The van der Waals surface area contributed by atoms with Crippen LogP contribution >= 0.6 is 0 Å². The van der Waals surface area contributed by atoms with Crippen molar-refractivity contribution in [2.75, 3.05) is 7.11 Å². The highest BCUT2D eigenvalue weighted by molar-refractivity contribution is 5.53. The van der Waals surface area contributed by atoms with Crippen LogP contribution in [0.4, 0.5) is 0 Å². The highest BCUT2D eigenvalue weighted by Gasteiger charge is 2.21. The van der Waals surface area contributed by atoms with E-state index in [9.17, 15) is 4.79 Å². The molecule has 1 aromatic rings. The normalized spacial score (nSPS) is 14.3. The lowest BCUT2D eigenvalue weighted by Gasteiger charge is -2.24. The van der Waals surface area contributed by atoms with Crippen molar-refractivity contribution in [1.82, 2.24) is 0 Å². The first kappa shape index (κ1) is 14.7. The van der Waals surface area contributed by atoms with Gasteiger partial charge in [-0.1, -0.05) is 32.9 Å². The number of carbonyl (C=O) groups excluding carboxylic acids is 1. The molecule has 0 aliphatic carbocycles. The molecule has 0 heterocycles. The van der Waals surface area contributed by atoms with Crippen molar-refractivity contribution in [3.05, 3.63) is 29.8 Å². The summed E-state index contributed by atoms with van der Waals surface area (Å²) < 4.78 is 10.9.